The van der Waals surface area contributed by atoms with Gasteiger partial charge in [-0.1, -0.05) is 6.07 Å². The normalized spacial score (nSPS) is 11.5. The molecule has 0 unspecified atom stereocenters. The summed E-state index contributed by atoms with van der Waals surface area (Å²) in [6, 6.07) is 10.3. The van der Waals surface area contributed by atoms with E-state index in [2.05, 4.69) is 20.6 Å². The van der Waals surface area contributed by atoms with Gasteiger partial charge in [0.25, 0.3) is 5.91 Å². The van der Waals surface area contributed by atoms with Crippen molar-refractivity contribution >= 4 is 21.6 Å². The maximum absolute atomic E-state index is 12.7. The van der Waals surface area contributed by atoms with Crippen molar-refractivity contribution in [3.05, 3.63) is 72.1 Å². The third-order valence-corrected chi connectivity index (χ3v) is 6.60. The minimum Gasteiger partial charge on any atom is -0.379 e. The molecular formula is C22H28N6O3S. The number of imidazole rings is 1. The molecule has 0 bridgehead atoms. The lowest BCUT2D eigenvalue weighted by Crippen LogP contribution is -2.26. The molecule has 3 aromatic rings. The Morgan fingerprint density at radius 3 is 2.69 bits per heavy atom. The number of nitrogens with zero attached hydrogens (tertiary/aromatic N) is 4. The lowest BCUT2D eigenvalue weighted by Gasteiger charge is -2.15. The van der Waals surface area contributed by atoms with E-state index in [1.807, 2.05) is 35.9 Å². The molecule has 1 aromatic carbocycles. The zero-order valence-corrected chi connectivity index (χ0v) is 19.3. The van der Waals surface area contributed by atoms with Crippen LogP contribution in [0.25, 0.3) is 0 Å². The van der Waals surface area contributed by atoms with Gasteiger partial charge < -0.3 is 15.2 Å². The van der Waals surface area contributed by atoms with E-state index in [-0.39, 0.29) is 16.4 Å². The number of anilines is 1. The number of rotatable bonds is 10. The Morgan fingerprint density at radius 2 is 2.00 bits per heavy atom. The van der Waals surface area contributed by atoms with Gasteiger partial charge in [0.1, 0.15) is 0 Å². The van der Waals surface area contributed by atoms with Crippen molar-refractivity contribution in [3.8, 4) is 0 Å². The van der Waals surface area contributed by atoms with Gasteiger partial charge in [0.05, 0.1) is 23.5 Å². The van der Waals surface area contributed by atoms with Crippen LogP contribution in [0.15, 0.2) is 60.0 Å². The quantitative estimate of drug-likeness (QED) is 0.453. The Hall–Kier alpha value is -3.24. The van der Waals surface area contributed by atoms with Gasteiger partial charge in [0.2, 0.25) is 10.0 Å². The highest BCUT2D eigenvalue weighted by Crippen LogP contribution is 2.22. The van der Waals surface area contributed by atoms with Gasteiger partial charge in [-0.25, -0.2) is 17.7 Å². The van der Waals surface area contributed by atoms with Gasteiger partial charge in [-0.2, -0.15) is 0 Å². The number of nitrogens with one attached hydrogen (secondary N) is 2. The van der Waals surface area contributed by atoms with Crippen LogP contribution in [0.4, 0.5) is 5.69 Å². The van der Waals surface area contributed by atoms with Crippen molar-refractivity contribution in [1.29, 1.82) is 0 Å². The van der Waals surface area contributed by atoms with Gasteiger partial charge >= 0.3 is 0 Å². The largest absolute Gasteiger partial charge is 0.379 e. The summed E-state index contributed by atoms with van der Waals surface area (Å²) in [7, 11) is -0.792. The van der Waals surface area contributed by atoms with Gasteiger partial charge in [0.15, 0.2) is 0 Å². The zero-order chi connectivity index (χ0) is 23.1. The van der Waals surface area contributed by atoms with Crippen molar-refractivity contribution in [2.45, 2.75) is 31.3 Å². The van der Waals surface area contributed by atoms with Gasteiger partial charge in [-0.15, -0.1) is 0 Å². The molecule has 1 amide bonds. The van der Waals surface area contributed by atoms with Crippen LogP contribution >= 0.6 is 0 Å². The second kappa shape index (κ2) is 10.4. The molecule has 0 saturated carbocycles. The molecule has 10 heteroatoms. The van der Waals surface area contributed by atoms with Gasteiger partial charge in [-0.05, 0) is 43.7 Å². The molecule has 2 N–H and O–H groups in total. The molecule has 2 heterocycles. The van der Waals surface area contributed by atoms with E-state index in [1.165, 1.54) is 26.2 Å². The number of pyridine rings is 1. The molecule has 0 atom stereocenters. The maximum Gasteiger partial charge on any atom is 0.251 e. The summed E-state index contributed by atoms with van der Waals surface area (Å²) in [6.45, 7) is 3.49. The Labute approximate surface area is 188 Å². The lowest BCUT2D eigenvalue weighted by atomic mass is 10.1. The SMILES string of the molecule is Cc1cccc(CNc2cc(C(=O)NCCCn3ccnc3)cc(S(=O)(=O)N(C)C)c2)n1. The minimum atomic E-state index is -3.71. The van der Waals surface area contributed by atoms with E-state index in [1.54, 1.807) is 18.6 Å². The highest BCUT2D eigenvalue weighted by molar-refractivity contribution is 7.89. The summed E-state index contributed by atoms with van der Waals surface area (Å²) in [5.41, 5.74) is 2.51. The monoisotopic (exact) mass is 456 g/mol. The Bertz CT molecular complexity index is 1160. The van der Waals surface area contributed by atoms with E-state index in [0.29, 0.717) is 18.8 Å². The summed E-state index contributed by atoms with van der Waals surface area (Å²) in [4.78, 5) is 21.2. The zero-order valence-electron chi connectivity index (χ0n) is 18.4. The smallest absolute Gasteiger partial charge is 0.251 e. The highest BCUT2D eigenvalue weighted by atomic mass is 32.2. The fourth-order valence-corrected chi connectivity index (χ4v) is 4.04. The minimum absolute atomic E-state index is 0.0493. The van der Waals surface area contributed by atoms with Gasteiger partial charge in [-0.3, -0.25) is 9.78 Å². The first-order valence-corrected chi connectivity index (χ1v) is 11.7. The predicted molar refractivity (Wildman–Crippen MR) is 123 cm³/mol. The highest BCUT2D eigenvalue weighted by Gasteiger charge is 2.20. The molecule has 0 spiro atoms. The van der Waals surface area contributed by atoms with E-state index >= 15 is 0 Å². The first-order chi connectivity index (χ1) is 15.3. The number of carbonyl (C=O) groups excluding carboxylic acids is 1. The van der Waals surface area contributed by atoms with E-state index < -0.39 is 10.0 Å². The number of carbonyl (C=O) groups is 1. The number of aromatic nitrogens is 3. The molecule has 3 rings (SSSR count). The van der Waals surface area contributed by atoms with E-state index in [4.69, 9.17) is 0 Å². The van der Waals surface area contributed by atoms with Crippen LogP contribution in [0.3, 0.4) is 0 Å². The van der Waals surface area contributed by atoms with Crippen LogP contribution in [-0.2, 0) is 23.1 Å². The third-order valence-electron chi connectivity index (χ3n) is 4.80. The molecule has 0 aliphatic rings. The first-order valence-electron chi connectivity index (χ1n) is 10.2. The van der Waals surface area contributed by atoms with Crippen molar-refractivity contribution in [2.75, 3.05) is 26.0 Å². The number of benzene rings is 1. The lowest BCUT2D eigenvalue weighted by molar-refractivity contribution is 0.0952. The topological polar surface area (TPSA) is 109 Å². The fourth-order valence-electron chi connectivity index (χ4n) is 3.07. The van der Waals surface area contributed by atoms with Crippen molar-refractivity contribution in [3.63, 3.8) is 0 Å². The van der Waals surface area contributed by atoms with E-state index in [0.717, 1.165) is 28.7 Å². The van der Waals surface area contributed by atoms with Crippen LogP contribution in [0.2, 0.25) is 0 Å². The maximum atomic E-state index is 12.7. The summed E-state index contributed by atoms with van der Waals surface area (Å²) < 4.78 is 28.5. The molecule has 0 fully saturated rings. The Kier molecular flexibility index (Phi) is 7.60. The van der Waals surface area contributed by atoms with Crippen LogP contribution in [-0.4, -0.2) is 53.8 Å². The molecule has 0 aliphatic heterocycles. The second-order valence-electron chi connectivity index (χ2n) is 7.57. The average molecular weight is 457 g/mol. The second-order valence-corrected chi connectivity index (χ2v) is 9.72. The summed E-state index contributed by atoms with van der Waals surface area (Å²) in [6.07, 6.45) is 6.01. The molecular weight excluding hydrogens is 428 g/mol. The Morgan fingerprint density at radius 1 is 1.19 bits per heavy atom. The number of hydrogen-bond acceptors (Lipinski definition) is 6. The fraction of sp³-hybridized carbons (Fsp3) is 0.318. The summed E-state index contributed by atoms with van der Waals surface area (Å²) in [5, 5.41) is 6.04. The molecule has 170 valence electrons. The molecule has 0 aliphatic carbocycles. The molecule has 0 saturated heterocycles. The van der Waals surface area contributed by atoms with Crippen molar-refractivity contribution in [1.82, 2.24) is 24.2 Å². The van der Waals surface area contributed by atoms with Crippen LogP contribution in [0.5, 0.6) is 0 Å². The molecule has 32 heavy (non-hydrogen) atoms. The number of amides is 1. The van der Waals surface area contributed by atoms with Crippen molar-refractivity contribution < 1.29 is 13.2 Å². The number of sulfonamides is 1. The standard InChI is InChI=1S/C22H28N6O3S/c1-17-6-4-7-19(26-17)15-25-20-12-18(13-21(14-20)32(30,31)27(2)3)22(29)24-8-5-10-28-11-9-23-16-28/h4,6-7,9,11-14,16,25H,5,8,10,15H2,1-3H3,(H,24,29). The van der Waals surface area contributed by atoms with Crippen LogP contribution in [0.1, 0.15) is 28.2 Å². The molecule has 0 radical (unpaired) electrons. The number of aryl methyl sites for hydroxylation is 2. The summed E-state index contributed by atoms with van der Waals surface area (Å²) >= 11 is 0. The van der Waals surface area contributed by atoms with Crippen LogP contribution < -0.4 is 10.6 Å². The van der Waals surface area contributed by atoms with E-state index in [9.17, 15) is 13.2 Å². The predicted octanol–water partition coefficient (Wildman–Crippen LogP) is 2.27. The summed E-state index contributed by atoms with van der Waals surface area (Å²) in [5.74, 6) is -0.330. The molecule has 9 nitrogen and oxygen atoms in total. The third kappa shape index (κ3) is 6.14. The van der Waals surface area contributed by atoms with Crippen molar-refractivity contribution in [2.24, 2.45) is 0 Å². The van der Waals surface area contributed by atoms with Gasteiger partial charge in [0, 0.05) is 56.5 Å². The first kappa shape index (κ1) is 23.4. The average Bonchev–Trinajstić information content (AvgIpc) is 3.28. The number of hydrogen-bond donors (Lipinski definition) is 2. The molecule has 2 aromatic heterocycles. The van der Waals surface area contributed by atoms with Crippen LogP contribution in [0, 0.1) is 6.92 Å². The Balaban J connectivity index is 1.75.